The quantitative estimate of drug-likeness (QED) is 0.314. The minimum absolute atomic E-state index is 0.0838. The molecule has 2 saturated carbocycles. The number of likely N-dealkylation sites (tertiary alicyclic amines) is 1. The number of nitrogens with zero attached hydrogens (tertiary/aromatic N) is 3. The highest BCUT2D eigenvalue weighted by atomic mass is 32.1. The Morgan fingerprint density at radius 1 is 1.16 bits per heavy atom. The second kappa shape index (κ2) is 9.24. The summed E-state index contributed by atoms with van der Waals surface area (Å²) in [6.45, 7) is 2.14. The Balaban J connectivity index is 1.18. The van der Waals surface area contributed by atoms with E-state index < -0.39 is 0 Å². The number of hydrogen-bond donors (Lipinski definition) is 1. The van der Waals surface area contributed by atoms with Gasteiger partial charge in [0.05, 0.1) is 37.2 Å². The van der Waals surface area contributed by atoms with Crippen molar-refractivity contribution in [1.82, 2.24) is 20.2 Å². The fourth-order valence-corrected chi connectivity index (χ4v) is 8.09. The molecule has 4 aromatic rings. The topological polar surface area (TPSA) is 75.2 Å². The number of rotatable bonds is 6. The van der Waals surface area contributed by atoms with E-state index in [-0.39, 0.29) is 29.7 Å². The van der Waals surface area contributed by atoms with Crippen LogP contribution >= 0.6 is 22.7 Å². The largest absolute Gasteiger partial charge is 0.350 e. The Morgan fingerprint density at radius 2 is 2.03 bits per heavy atom. The van der Waals surface area contributed by atoms with E-state index >= 15 is 0 Å². The normalized spacial score (nSPS) is 22.4. The lowest BCUT2D eigenvalue weighted by atomic mass is 9.97. The molecule has 0 unspecified atom stereocenters. The highest BCUT2D eigenvalue weighted by Crippen LogP contribution is 2.47. The number of aromatic nitrogens is 2. The molecule has 1 aliphatic heterocycles. The van der Waals surface area contributed by atoms with E-state index in [9.17, 15) is 14.0 Å². The lowest BCUT2D eigenvalue weighted by Gasteiger charge is -2.35. The molecule has 2 aromatic heterocycles. The number of amides is 2. The van der Waals surface area contributed by atoms with Crippen LogP contribution in [-0.2, 0) is 0 Å². The fraction of sp³-hybridized carbons (Fsp3) is 0.379. The Morgan fingerprint density at radius 3 is 2.84 bits per heavy atom. The van der Waals surface area contributed by atoms with Gasteiger partial charge in [-0.15, -0.1) is 22.7 Å². The van der Waals surface area contributed by atoms with E-state index in [0.717, 1.165) is 52.2 Å². The van der Waals surface area contributed by atoms with E-state index in [0.29, 0.717) is 40.8 Å². The van der Waals surface area contributed by atoms with Crippen molar-refractivity contribution in [3.05, 3.63) is 69.6 Å². The molecule has 1 saturated heterocycles. The average Bonchev–Trinajstić information content (AvgIpc) is 3.30. The van der Waals surface area contributed by atoms with Crippen molar-refractivity contribution in [1.29, 1.82) is 0 Å². The number of nitrogens with one attached hydrogen (secondary N) is 1. The zero-order chi connectivity index (χ0) is 26.0. The molecule has 3 atom stereocenters. The molecule has 3 aliphatic rings. The number of fused-ring (bicyclic) bond motifs is 3. The number of carbonyl (C=O) groups excluding carboxylic acids is 2. The molecule has 7 rings (SSSR count). The van der Waals surface area contributed by atoms with Gasteiger partial charge in [0.25, 0.3) is 11.8 Å². The summed E-state index contributed by atoms with van der Waals surface area (Å²) in [7, 11) is 0. The number of halogens is 1. The van der Waals surface area contributed by atoms with Crippen LogP contribution in [0.3, 0.4) is 0 Å². The maximum Gasteiger partial charge on any atom is 0.274 e. The molecule has 1 N–H and O–H groups in total. The molecule has 3 fully saturated rings. The molecule has 38 heavy (non-hydrogen) atoms. The van der Waals surface area contributed by atoms with E-state index in [1.54, 1.807) is 18.5 Å². The van der Waals surface area contributed by atoms with Gasteiger partial charge >= 0.3 is 0 Å². The second-order valence-electron chi connectivity index (χ2n) is 10.7. The summed E-state index contributed by atoms with van der Waals surface area (Å²) in [5, 5.41) is 4.08. The first-order chi connectivity index (χ1) is 18.5. The predicted molar refractivity (Wildman–Crippen MR) is 147 cm³/mol. The van der Waals surface area contributed by atoms with Gasteiger partial charge in [-0.2, -0.15) is 0 Å². The molecular formula is C29H27FN4O2S2. The van der Waals surface area contributed by atoms with E-state index in [4.69, 9.17) is 4.98 Å². The molecule has 2 aliphatic carbocycles. The van der Waals surface area contributed by atoms with Gasteiger partial charge in [-0.25, -0.2) is 14.4 Å². The predicted octanol–water partition coefficient (Wildman–Crippen LogP) is 6.17. The first kappa shape index (κ1) is 23.9. The van der Waals surface area contributed by atoms with Crippen LogP contribution in [0.2, 0.25) is 0 Å². The lowest BCUT2D eigenvalue weighted by molar-refractivity contribution is 0.0577. The van der Waals surface area contributed by atoms with Crippen LogP contribution in [0, 0.1) is 18.7 Å². The third-order valence-corrected chi connectivity index (χ3v) is 10.4. The van der Waals surface area contributed by atoms with Gasteiger partial charge in [-0.3, -0.25) is 9.59 Å². The number of aryl methyl sites for hydroxylation is 1. The van der Waals surface area contributed by atoms with Crippen molar-refractivity contribution in [3.8, 4) is 10.4 Å². The van der Waals surface area contributed by atoms with Gasteiger partial charge in [0.2, 0.25) is 0 Å². The average molecular weight is 547 g/mol. The molecule has 6 nitrogen and oxygen atoms in total. The van der Waals surface area contributed by atoms with Crippen LogP contribution in [0.15, 0.2) is 41.9 Å². The molecule has 2 amide bonds. The van der Waals surface area contributed by atoms with Crippen LogP contribution in [0.5, 0.6) is 0 Å². The van der Waals surface area contributed by atoms with Crippen LogP contribution in [-0.4, -0.2) is 45.3 Å². The molecular weight excluding hydrogens is 519 g/mol. The SMILES string of the molecule is Cc1ccc(-c2sc(C3CC3)nc2C(=O)N2[C@@H]3CC[C@@H](C3)[C@H]2CNC(=O)c2cccc3ncsc23)cc1F. The summed E-state index contributed by atoms with van der Waals surface area (Å²) >= 11 is 2.98. The number of thiazole rings is 2. The van der Waals surface area contributed by atoms with Gasteiger partial charge in [-0.1, -0.05) is 18.2 Å². The van der Waals surface area contributed by atoms with Crippen molar-refractivity contribution in [2.75, 3.05) is 6.54 Å². The van der Waals surface area contributed by atoms with Crippen molar-refractivity contribution in [3.63, 3.8) is 0 Å². The van der Waals surface area contributed by atoms with Gasteiger partial charge in [0, 0.05) is 18.5 Å². The Kier molecular flexibility index (Phi) is 5.81. The van der Waals surface area contributed by atoms with Crippen molar-refractivity contribution < 1.29 is 14.0 Å². The molecule has 0 spiro atoms. The molecule has 0 radical (unpaired) electrons. The zero-order valence-electron chi connectivity index (χ0n) is 20.9. The van der Waals surface area contributed by atoms with Crippen molar-refractivity contribution in [2.45, 2.75) is 57.0 Å². The van der Waals surface area contributed by atoms with Crippen LogP contribution < -0.4 is 5.32 Å². The summed E-state index contributed by atoms with van der Waals surface area (Å²) in [5.74, 6) is 0.232. The number of carbonyl (C=O) groups is 2. The number of piperidine rings is 1. The van der Waals surface area contributed by atoms with Crippen LogP contribution in [0.25, 0.3) is 20.7 Å². The minimum Gasteiger partial charge on any atom is -0.350 e. The lowest BCUT2D eigenvalue weighted by Crippen LogP contribution is -2.50. The molecule has 2 bridgehead atoms. The van der Waals surface area contributed by atoms with Gasteiger partial charge in [0.15, 0.2) is 0 Å². The van der Waals surface area contributed by atoms with Gasteiger partial charge in [-0.05, 0) is 74.3 Å². The van der Waals surface area contributed by atoms with Crippen molar-refractivity contribution >= 4 is 44.7 Å². The van der Waals surface area contributed by atoms with E-state index in [2.05, 4.69) is 10.3 Å². The zero-order valence-corrected chi connectivity index (χ0v) is 22.6. The highest BCUT2D eigenvalue weighted by molar-refractivity contribution is 7.17. The van der Waals surface area contributed by atoms with Crippen LogP contribution in [0.4, 0.5) is 4.39 Å². The summed E-state index contributed by atoms with van der Waals surface area (Å²) in [4.78, 5) is 39.2. The molecule has 3 heterocycles. The number of hydrogen-bond acceptors (Lipinski definition) is 6. The Labute approximate surface area is 227 Å². The van der Waals surface area contributed by atoms with Crippen molar-refractivity contribution in [2.24, 2.45) is 5.92 Å². The van der Waals surface area contributed by atoms with E-state index in [1.807, 2.05) is 29.2 Å². The minimum atomic E-state index is -0.279. The fourth-order valence-electron chi connectivity index (χ4n) is 6.07. The molecule has 9 heteroatoms. The summed E-state index contributed by atoms with van der Waals surface area (Å²) in [5.41, 5.74) is 4.89. The first-order valence-electron chi connectivity index (χ1n) is 13.2. The third kappa shape index (κ3) is 4.03. The highest BCUT2D eigenvalue weighted by Gasteiger charge is 2.49. The summed E-state index contributed by atoms with van der Waals surface area (Å²) in [6, 6.07) is 10.8. The third-order valence-electron chi connectivity index (χ3n) is 8.25. The Hall–Kier alpha value is -3.17. The maximum atomic E-state index is 14.5. The Bertz CT molecular complexity index is 1580. The van der Waals surface area contributed by atoms with Gasteiger partial charge < -0.3 is 10.2 Å². The monoisotopic (exact) mass is 546 g/mol. The maximum absolute atomic E-state index is 14.5. The molecule has 2 aromatic carbocycles. The molecule has 194 valence electrons. The smallest absolute Gasteiger partial charge is 0.274 e. The standard InChI is InChI=1S/C29H27FN4O2S2/c1-15-5-6-18(12-21(15)30)25-24(33-28(38-25)16-7-8-16)29(36)34-19-10-9-17(11-19)23(34)13-31-27(35)20-3-2-4-22-26(20)37-14-32-22/h2-6,12,14,16-17,19,23H,7-11,13H2,1H3,(H,31,35)/t17-,19+,23+/m0/s1. The van der Waals surface area contributed by atoms with E-state index in [1.165, 1.54) is 28.7 Å². The summed E-state index contributed by atoms with van der Waals surface area (Å²) in [6.07, 6.45) is 5.14. The van der Waals surface area contributed by atoms with Gasteiger partial charge in [0.1, 0.15) is 11.5 Å². The first-order valence-corrected chi connectivity index (χ1v) is 14.9. The van der Waals surface area contributed by atoms with Crippen LogP contribution in [0.1, 0.15) is 69.4 Å². The summed E-state index contributed by atoms with van der Waals surface area (Å²) < 4.78 is 15.4. The number of benzene rings is 2. The second-order valence-corrected chi connectivity index (χ2v) is 12.6.